The second kappa shape index (κ2) is 8.30. The Morgan fingerprint density at radius 1 is 1.10 bits per heavy atom. The van der Waals surface area contributed by atoms with E-state index in [-0.39, 0.29) is 24.5 Å². The molecule has 0 bridgehead atoms. The lowest BCUT2D eigenvalue weighted by Gasteiger charge is -2.25. The van der Waals surface area contributed by atoms with E-state index in [1.54, 1.807) is 17.0 Å². The van der Waals surface area contributed by atoms with Crippen LogP contribution in [0.15, 0.2) is 53.7 Å². The van der Waals surface area contributed by atoms with Crippen LogP contribution >= 0.6 is 11.6 Å². The third-order valence-corrected chi connectivity index (χ3v) is 5.48. The fourth-order valence-electron chi connectivity index (χ4n) is 3.43. The zero-order chi connectivity index (χ0) is 21.3. The number of nitrogens with zero attached hydrogens (tertiary/aromatic N) is 2. The van der Waals surface area contributed by atoms with Gasteiger partial charge in [0.05, 0.1) is 17.8 Å². The smallest absolute Gasteiger partial charge is 0.390 e. The molecule has 0 N–H and O–H groups in total. The van der Waals surface area contributed by atoms with Crippen LogP contribution in [0.2, 0.25) is 5.02 Å². The maximum absolute atomic E-state index is 12.8. The van der Waals surface area contributed by atoms with Crippen molar-refractivity contribution < 1.29 is 22.8 Å². The van der Waals surface area contributed by atoms with Crippen molar-refractivity contribution in [2.24, 2.45) is 11.1 Å². The Labute approximate surface area is 177 Å². The van der Waals surface area contributed by atoms with Gasteiger partial charge < -0.3 is 9.74 Å². The summed E-state index contributed by atoms with van der Waals surface area (Å²) in [6, 6.07) is 12.2. The molecule has 2 aromatic rings. The number of carbonyl (C=O) groups is 1. The number of rotatable bonds is 6. The lowest BCUT2D eigenvalue weighted by atomic mass is 10.0. The summed E-state index contributed by atoms with van der Waals surface area (Å²) < 4.78 is 38.4. The van der Waals surface area contributed by atoms with Crippen LogP contribution in [0, 0.1) is 5.92 Å². The molecule has 2 aliphatic rings. The van der Waals surface area contributed by atoms with Gasteiger partial charge in [-0.15, -0.1) is 0 Å². The highest BCUT2D eigenvalue weighted by Crippen LogP contribution is 2.33. The van der Waals surface area contributed by atoms with Crippen molar-refractivity contribution in [3.05, 3.63) is 70.2 Å². The van der Waals surface area contributed by atoms with E-state index in [1.807, 2.05) is 12.1 Å². The first-order chi connectivity index (χ1) is 14.3. The van der Waals surface area contributed by atoms with Gasteiger partial charge in [-0.3, -0.25) is 4.79 Å². The largest absolute Gasteiger partial charge is 0.416 e. The van der Waals surface area contributed by atoms with Gasteiger partial charge in [-0.25, -0.2) is 0 Å². The van der Waals surface area contributed by atoms with Gasteiger partial charge in [0.2, 0.25) is 5.91 Å². The van der Waals surface area contributed by atoms with E-state index in [1.165, 1.54) is 12.1 Å². The molecule has 2 aromatic carbocycles. The van der Waals surface area contributed by atoms with E-state index in [9.17, 15) is 18.0 Å². The zero-order valence-corrected chi connectivity index (χ0v) is 16.8. The van der Waals surface area contributed by atoms with Crippen LogP contribution < -0.4 is 0 Å². The molecule has 1 aliphatic heterocycles. The molecule has 1 saturated carbocycles. The summed E-state index contributed by atoms with van der Waals surface area (Å²) in [5.41, 5.74) is 1.63. The molecule has 1 amide bonds. The van der Waals surface area contributed by atoms with E-state index in [0.717, 1.165) is 36.2 Å². The highest BCUT2D eigenvalue weighted by Gasteiger charge is 2.36. The Kier molecular flexibility index (Phi) is 5.73. The first-order valence-corrected chi connectivity index (χ1v) is 10.1. The summed E-state index contributed by atoms with van der Waals surface area (Å²) in [6.45, 7) is 0.570. The van der Waals surface area contributed by atoms with E-state index in [0.29, 0.717) is 23.6 Å². The number of alkyl halides is 3. The Morgan fingerprint density at radius 3 is 2.37 bits per heavy atom. The lowest BCUT2D eigenvalue weighted by Crippen LogP contribution is -2.38. The molecule has 1 fully saturated rings. The molecule has 1 atom stereocenters. The first kappa shape index (κ1) is 20.7. The second-order valence-corrected chi connectivity index (χ2v) is 8.10. The highest BCUT2D eigenvalue weighted by atomic mass is 35.5. The first-order valence-electron chi connectivity index (χ1n) is 9.73. The third-order valence-electron chi connectivity index (χ3n) is 5.23. The second-order valence-electron chi connectivity index (χ2n) is 7.66. The van der Waals surface area contributed by atoms with E-state index >= 15 is 0 Å². The van der Waals surface area contributed by atoms with Gasteiger partial charge in [0, 0.05) is 23.9 Å². The number of hydrogen-bond acceptors (Lipinski definition) is 3. The van der Waals surface area contributed by atoms with Gasteiger partial charge >= 0.3 is 6.18 Å². The van der Waals surface area contributed by atoms with E-state index in [2.05, 4.69) is 5.16 Å². The van der Waals surface area contributed by atoms with Gasteiger partial charge in [-0.1, -0.05) is 41.0 Å². The van der Waals surface area contributed by atoms with Gasteiger partial charge in [0.1, 0.15) is 0 Å². The molecule has 30 heavy (non-hydrogen) atoms. The molecule has 1 aliphatic carbocycles. The summed E-state index contributed by atoms with van der Waals surface area (Å²) in [5.74, 6) is 0.0101. The topological polar surface area (TPSA) is 41.9 Å². The van der Waals surface area contributed by atoms with E-state index < -0.39 is 11.7 Å². The maximum Gasteiger partial charge on any atom is 0.416 e. The van der Waals surface area contributed by atoms with Gasteiger partial charge in [0.15, 0.2) is 6.10 Å². The van der Waals surface area contributed by atoms with Crippen molar-refractivity contribution in [1.29, 1.82) is 0 Å². The van der Waals surface area contributed by atoms with E-state index in [4.69, 9.17) is 16.4 Å². The van der Waals surface area contributed by atoms with Crippen molar-refractivity contribution in [2.45, 2.75) is 38.1 Å². The third kappa shape index (κ3) is 4.95. The Hall–Kier alpha value is -2.54. The predicted octanol–water partition coefficient (Wildman–Crippen LogP) is 5.29. The fraction of sp³-hybridized carbons (Fsp3) is 0.364. The monoisotopic (exact) mass is 436 g/mol. The summed E-state index contributed by atoms with van der Waals surface area (Å²) in [4.78, 5) is 20.0. The van der Waals surface area contributed by atoms with Crippen LogP contribution in [0.4, 0.5) is 13.2 Å². The van der Waals surface area contributed by atoms with Crippen LogP contribution in [0.5, 0.6) is 0 Å². The number of halogens is 4. The fourth-order valence-corrected chi connectivity index (χ4v) is 3.55. The molecule has 8 heteroatoms. The summed E-state index contributed by atoms with van der Waals surface area (Å²) in [5, 5.41) is 4.78. The molecule has 0 radical (unpaired) electrons. The highest BCUT2D eigenvalue weighted by molar-refractivity contribution is 6.30. The molecule has 0 spiro atoms. The Bertz CT molecular complexity index is 938. The molecule has 0 unspecified atom stereocenters. The Morgan fingerprint density at radius 2 is 1.77 bits per heavy atom. The minimum Gasteiger partial charge on any atom is -0.390 e. The van der Waals surface area contributed by atoms with Crippen molar-refractivity contribution in [3.63, 3.8) is 0 Å². The average Bonchev–Trinajstić information content (AvgIpc) is 3.46. The number of oxime groups is 1. The number of benzene rings is 2. The van der Waals surface area contributed by atoms with Gasteiger partial charge in [-0.2, -0.15) is 13.2 Å². The number of amides is 1. The Balaban J connectivity index is 1.42. The minimum atomic E-state index is -4.38. The number of carbonyl (C=O) groups excluding carboxylic acids is 1. The van der Waals surface area contributed by atoms with Crippen molar-refractivity contribution in [2.75, 3.05) is 6.54 Å². The van der Waals surface area contributed by atoms with Crippen LogP contribution in [-0.4, -0.2) is 29.2 Å². The molecular weight excluding hydrogens is 417 g/mol. The molecule has 0 aromatic heterocycles. The quantitative estimate of drug-likeness (QED) is 0.617. The van der Waals surface area contributed by atoms with Crippen LogP contribution in [0.25, 0.3) is 0 Å². The molecule has 4 nitrogen and oxygen atoms in total. The molecular formula is C22H20ClF3N2O2. The summed E-state index contributed by atoms with van der Waals surface area (Å²) >= 11 is 5.92. The average molecular weight is 437 g/mol. The maximum atomic E-state index is 12.8. The summed E-state index contributed by atoms with van der Waals surface area (Å²) in [6.07, 6.45) is -2.44. The normalized spacial score (nSPS) is 18.7. The standard InChI is InChI=1S/C22H20ClF3N2O2/c23-18-9-5-15(6-10-18)20-11-19(30-27-20)13-28(21(29)16-3-4-16)12-14-1-7-17(8-2-14)22(24,25)26/h1-2,5-10,16,19H,3-4,11-13H2/t19-/m1/s1. The number of hydrogen-bond donors (Lipinski definition) is 0. The minimum absolute atomic E-state index is 0.00231. The van der Waals surface area contributed by atoms with Crippen LogP contribution in [0.1, 0.15) is 36.0 Å². The molecule has 158 valence electrons. The zero-order valence-electron chi connectivity index (χ0n) is 16.0. The van der Waals surface area contributed by atoms with Crippen molar-refractivity contribution >= 4 is 23.2 Å². The van der Waals surface area contributed by atoms with Crippen LogP contribution in [0.3, 0.4) is 0 Å². The molecule has 4 rings (SSSR count). The van der Waals surface area contributed by atoms with Crippen LogP contribution in [-0.2, 0) is 22.4 Å². The van der Waals surface area contributed by atoms with Gasteiger partial charge in [0.25, 0.3) is 0 Å². The lowest BCUT2D eigenvalue weighted by molar-refractivity contribution is -0.138. The van der Waals surface area contributed by atoms with Gasteiger partial charge in [-0.05, 0) is 48.2 Å². The SMILES string of the molecule is O=C(C1CC1)N(Cc1ccc(C(F)(F)F)cc1)C[C@H]1CC(c2ccc(Cl)cc2)=NO1. The molecule has 0 saturated heterocycles. The molecule has 1 heterocycles. The summed E-state index contributed by atoms with van der Waals surface area (Å²) in [7, 11) is 0. The van der Waals surface area contributed by atoms with Crippen molar-refractivity contribution in [3.8, 4) is 0 Å². The predicted molar refractivity (Wildman–Crippen MR) is 107 cm³/mol. The van der Waals surface area contributed by atoms with Crippen molar-refractivity contribution in [1.82, 2.24) is 4.90 Å².